The van der Waals surface area contributed by atoms with Crippen LogP contribution in [0.15, 0.2) is 61.2 Å². The lowest BCUT2D eigenvalue weighted by molar-refractivity contribution is 0.646. The van der Waals surface area contributed by atoms with Gasteiger partial charge in [-0.3, -0.25) is 0 Å². The van der Waals surface area contributed by atoms with Crippen molar-refractivity contribution in [3.8, 4) is 0 Å². The van der Waals surface area contributed by atoms with E-state index in [0.717, 1.165) is 24.1 Å². The van der Waals surface area contributed by atoms with Crippen LogP contribution in [0, 0.1) is 0 Å². The Morgan fingerprint density at radius 3 is 1.25 bits per heavy atom. The topological polar surface area (TPSA) is 35.6 Å². The van der Waals surface area contributed by atoms with Crippen LogP contribution in [0.2, 0.25) is 0 Å². The van der Waals surface area contributed by atoms with Crippen molar-refractivity contribution in [3.05, 3.63) is 61.2 Å². The standard InChI is InChI=1S/2C11H14N2.3C2H6/c2*1-2-3-8-13-9-12-10-6-4-5-7-11(10)13;3*1-2/h2*4-7,9H,2-3,8H2,1H3;3*1-2H3. The van der Waals surface area contributed by atoms with Gasteiger partial charge in [0.15, 0.2) is 0 Å². The molecule has 0 unspecified atom stereocenters. The summed E-state index contributed by atoms with van der Waals surface area (Å²) in [6.45, 7) is 18.6. The number of unbranched alkanes of at least 4 members (excludes halogenated alkanes) is 2. The molecule has 2 aromatic carbocycles. The maximum atomic E-state index is 4.33. The number of benzene rings is 2. The first-order valence-electron chi connectivity index (χ1n) is 12.6. The van der Waals surface area contributed by atoms with Gasteiger partial charge in [-0.15, -0.1) is 0 Å². The van der Waals surface area contributed by atoms with Crippen molar-refractivity contribution in [3.63, 3.8) is 0 Å². The van der Waals surface area contributed by atoms with Crippen molar-refractivity contribution in [1.29, 1.82) is 0 Å². The minimum atomic E-state index is 1.08. The fourth-order valence-electron chi connectivity index (χ4n) is 3.03. The number of fused-ring (bicyclic) bond motifs is 2. The summed E-state index contributed by atoms with van der Waals surface area (Å²) in [5, 5.41) is 0. The number of para-hydroxylation sites is 4. The van der Waals surface area contributed by atoms with Gasteiger partial charge in [0, 0.05) is 13.1 Å². The predicted octanol–water partition coefficient (Wildman–Crippen LogP) is 8.75. The van der Waals surface area contributed by atoms with E-state index in [-0.39, 0.29) is 0 Å². The van der Waals surface area contributed by atoms with Gasteiger partial charge in [-0.1, -0.05) is 92.5 Å². The Balaban J connectivity index is 0.000000488. The lowest BCUT2D eigenvalue weighted by Gasteiger charge is -2.01. The van der Waals surface area contributed by atoms with Crippen molar-refractivity contribution in [2.75, 3.05) is 0 Å². The fraction of sp³-hybridized carbons (Fsp3) is 0.500. The lowest BCUT2D eigenvalue weighted by Crippen LogP contribution is -1.94. The van der Waals surface area contributed by atoms with Gasteiger partial charge in [-0.25, -0.2) is 9.97 Å². The van der Waals surface area contributed by atoms with Crippen LogP contribution in [0.4, 0.5) is 0 Å². The maximum Gasteiger partial charge on any atom is 0.0958 e. The molecule has 4 nitrogen and oxygen atoms in total. The number of nitrogens with zero attached hydrogens (tertiary/aromatic N) is 4. The first-order valence-corrected chi connectivity index (χ1v) is 12.6. The van der Waals surface area contributed by atoms with Crippen LogP contribution in [0.1, 0.15) is 81.1 Å². The van der Waals surface area contributed by atoms with Crippen molar-refractivity contribution in [2.24, 2.45) is 0 Å². The number of rotatable bonds is 6. The molecule has 0 aliphatic rings. The number of imidazole rings is 2. The van der Waals surface area contributed by atoms with Crippen LogP contribution >= 0.6 is 0 Å². The molecule has 2 heterocycles. The predicted molar refractivity (Wildman–Crippen MR) is 143 cm³/mol. The van der Waals surface area contributed by atoms with E-state index in [1.165, 1.54) is 36.7 Å². The molecule has 0 N–H and O–H groups in total. The smallest absolute Gasteiger partial charge is 0.0958 e. The second-order valence-corrected chi connectivity index (χ2v) is 6.56. The van der Waals surface area contributed by atoms with Gasteiger partial charge in [0.25, 0.3) is 0 Å². The van der Waals surface area contributed by atoms with E-state index < -0.39 is 0 Å². The SMILES string of the molecule is CC.CC.CC.CCCCn1cnc2ccccc21.CCCCn1cnc2ccccc21. The van der Waals surface area contributed by atoms with Crippen LogP contribution in [0.3, 0.4) is 0 Å². The van der Waals surface area contributed by atoms with Gasteiger partial charge < -0.3 is 9.13 Å². The average Bonchev–Trinajstić information content (AvgIpc) is 3.50. The Kier molecular flexibility index (Phi) is 17.5. The van der Waals surface area contributed by atoms with Gasteiger partial charge in [-0.2, -0.15) is 0 Å². The summed E-state index contributed by atoms with van der Waals surface area (Å²) in [5.74, 6) is 0. The molecule has 0 aliphatic carbocycles. The highest BCUT2D eigenvalue weighted by molar-refractivity contribution is 5.75. The molecule has 0 radical (unpaired) electrons. The van der Waals surface area contributed by atoms with Crippen LogP contribution in [-0.2, 0) is 13.1 Å². The summed E-state index contributed by atoms with van der Waals surface area (Å²) in [6, 6.07) is 16.5. The molecule has 0 bridgehead atoms. The van der Waals surface area contributed by atoms with E-state index in [9.17, 15) is 0 Å². The van der Waals surface area contributed by atoms with Gasteiger partial charge in [0.05, 0.1) is 34.7 Å². The third-order valence-electron chi connectivity index (χ3n) is 4.56. The molecule has 178 valence electrons. The zero-order valence-corrected chi connectivity index (χ0v) is 21.8. The Labute approximate surface area is 196 Å². The van der Waals surface area contributed by atoms with Crippen LogP contribution in [-0.4, -0.2) is 19.1 Å². The van der Waals surface area contributed by atoms with Gasteiger partial charge in [0.1, 0.15) is 0 Å². The lowest BCUT2D eigenvalue weighted by atomic mass is 10.3. The molecule has 0 spiro atoms. The highest BCUT2D eigenvalue weighted by Crippen LogP contribution is 2.13. The normalized spacial score (nSPS) is 9.38. The van der Waals surface area contributed by atoms with E-state index >= 15 is 0 Å². The zero-order chi connectivity index (χ0) is 24.2. The van der Waals surface area contributed by atoms with E-state index in [1.807, 2.05) is 66.3 Å². The minimum Gasteiger partial charge on any atom is -0.331 e. The number of aryl methyl sites for hydroxylation is 2. The van der Waals surface area contributed by atoms with Gasteiger partial charge >= 0.3 is 0 Å². The van der Waals surface area contributed by atoms with E-state index in [4.69, 9.17) is 0 Å². The number of hydrogen-bond donors (Lipinski definition) is 0. The summed E-state index contributed by atoms with van der Waals surface area (Å²) in [5.41, 5.74) is 4.68. The van der Waals surface area contributed by atoms with Gasteiger partial charge in [0.2, 0.25) is 0 Å². The highest BCUT2D eigenvalue weighted by Gasteiger charge is 2.00. The molecule has 2 aromatic heterocycles. The molecule has 32 heavy (non-hydrogen) atoms. The molecule has 4 rings (SSSR count). The first kappa shape index (κ1) is 29.4. The highest BCUT2D eigenvalue weighted by atomic mass is 15.0. The summed E-state index contributed by atoms with van der Waals surface area (Å²) in [4.78, 5) is 8.67. The van der Waals surface area contributed by atoms with Crippen LogP contribution in [0.5, 0.6) is 0 Å². The van der Waals surface area contributed by atoms with Gasteiger partial charge in [-0.05, 0) is 37.1 Å². The molecule has 4 heteroatoms. The van der Waals surface area contributed by atoms with E-state index in [1.54, 1.807) is 0 Å². The molecule has 0 fully saturated rings. The first-order chi connectivity index (χ1) is 15.8. The minimum absolute atomic E-state index is 1.08. The third-order valence-corrected chi connectivity index (χ3v) is 4.56. The Morgan fingerprint density at radius 2 is 0.906 bits per heavy atom. The Morgan fingerprint density at radius 1 is 0.562 bits per heavy atom. The summed E-state index contributed by atoms with van der Waals surface area (Å²) in [6.07, 6.45) is 8.76. The van der Waals surface area contributed by atoms with Crippen molar-refractivity contribution >= 4 is 22.1 Å². The molecule has 0 atom stereocenters. The molecule has 0 amide bonds. The van der Waals surface area contributed by atoms with Crippen LogP contribution in [0.25, 0.3) is 22.1 Å². The molecular formula is C28H46N4. The van der Waals surface area contributed by atoms with Crippen molar-refractivity contribution in [1.82, 2.24) is 19.1 Å². The fourth-order valence-corrected chi connectivity index (χ4v) is 3.03. The Hall–Kier alpha value is -2.62. The molecule has 0 aliphatic heterocycles. The van der Waals surface area contributed by atoms with Crippen LogP contribution < -0.4 is 0 Å². The molecular weight excluding hydrogens is 392 g/mol. The molecule has 0 saturated carbocycles. The molecule has 4 aromatic rings. The van der Waals surface area contributed by atoms with E-state index in [0.29, 0.717) is 0 Å². The third kappa shape index (κ3) is 9.25. The molecule has 0 saturated heterocycles. The largest absolute Gasteiger partial charge is 0.331 e. The average molecular weight is 439 g/mol. The second kappa shape index (κ2) is 19.1. The number of aromatic nitrogens is 4. The second-order valence-electron chi connectivity index (χ2n) is 6.56. The van der Waals surface area contributed by atoms with Crippen molar-refractivity contribution < 1.29 is 0 Å². The monoisotopic (exact) mass is 438 g/mol. The number of hydrogen-bond acceptors (Lipinski definition) is 2. The zero-order valence-electron chi connectivity index (χ0n) is 21.8. The quantitative estimate of drug-likeness (QED) is 0.301. The summed E-state index contributed by atoms with van der Waals surface area (Å²) in [7, 11) is 0. The van der Waals surface area contributed by atoms with E-state index in [2.05, 4.69) is 69.3 Å². The summed E-state index contributed by atoms with van der Waals surface area (Å²) >= 11 is 0. The summed E-state index contributed by atoms with van der Waals surface area (Å²) < 4.78 is 4.44. The maximum absolute atomic E-state index is 4.33. The Bertz CT molecular complexity index is 859. The van der Waals surface area contributed by atoms with Crippen molar-refractivity contribution in [2.45, 2.75) is 94.2 Å².